The highest BCUT2D eigenvalue weighted by molar-refractivity contribution is 9.10. The lowest BCUT2D eigenvalue weighted by Crippen LogP contribution is -2.28. The van der Waals surface area contributed by atoms with Crippen LogP contribution in [0.3, 0.4) is 0 Å². The van der Waals surface area contributed by atoms with Gasteiger partial charge < -0.3 is 5.11 Å². The summed E-state index contributed by atoms with van der Waals surface area (Å²) in [6.07, 6.45) is 0. The molecule has 1 aromatic rings. The fourth-order valence-corrected chi connectivity index (χ4v) is 3.74. The molecule has 104 valence electrons. The molecular weight excluding hydrogens is 334 g/mol. The maximum Gasteiger partial charge on any atom is 0.335 e. The quantitative estimate of drug-likeness (QED) is 0.829. The second-order valence-electron chi connectivity index (χ2n) is 4.17. The highest BCUT2D eigenvalue weighted by atomic mass is 79.9. The first-order valence-corrected chi connectivity index (χ1v) is 7.53. The molecule has 1 aromatic carbocycles. The molecule has 0 radical (unpaired) electrons. The van der Waals surface area contributed by atoms with Crippen molar-refractivity contribution in [3.05, 3.63) is 40.4 Å². The second kappa shape index (κ2) is 5.85. The molecule has 0 atom stereocenters. The summed E-state index contributed by atoms with van der Waals surface area (Å²) in [5, 5.41) is 8.84. The van der Waals surface area contributed by atoms with Crippen LogP contribution < -0.4 is 0 Å². The Balaban J connectivity index is 3.22. The van der Waals surface area contributed by atoms with Gasteiger partial charge in [-0.2, -0.15) is 4.31 Å². The van der Waals surface area contributed by atoms with Crippen LogP contribution in [0, 0.1) is 0 Å². The minimum absolute atomic E-state index is 0.0216. The minimum Gasteiger partial charge on any atom is -0.478 e. The van der Waals surface area contributed by atoms with E-state index in [1.807, 2.05) is 0 Å². The van der Waals surface area contributed by atoms with E-state index >= 15 is 0 Å². The molecule has 0 spiro atoms. The van der Waals surface area contributed by atoms with Crippen LogP contribution in [0.1, 0.15) is 17.3 Å². The number of benzene rings is 1. The molecule has 0 fully saturated rings. The number of rotatable bonds is 5. The fraction of sp³-hybridized carbons (Fsp3) is 0.250. The van der Waals surface area contributed by atoms with E-state index in [4.69, 9.17) is 5.11 Å². The molecule has 1 N–H and O–H groups in total. The summed E-state index contributed by atoms with van der Waals surface area (Å²) >= 11 is 3.09. The van der Waals surface area contributed by atoms with E-state index in [0.717, 1.165) is 4.31 Å². The second-order valence-corrected chi connectivity index (χ2v) is 7.04. The molecule has 0 aromatic heterocycles. The van der Waals surface area contributed by atoms with Gasteiger partial charge in [-0.05, 0) is 41.1 Å². The first-order valence-electron chi connectivity index (χ1n) is 5.30. The van der Waals surface area contributed by atoms with Crippen LogP contribution in [-0.4, -0.2) is 37.4 Å². The molecule has 0 heterocycles. The van der Waals surface area contributed by atoms with Gasteiger partial charge in [0.2, 0.25) is 10.0 Å². The van der Waals surface area contributed by atoms with Crippen molar-refractivity contribution in [2.24, 2.45) is 0 Å². The third kappa shape index (κ3) is 3.65. The standard InChI is InChI=1S/C12H14BrNO4S/c1-8(2)7-14(3)19(17,18)11-5-4-9(12(15)16)6-10(11)13/h4-6H,1,7H2,2-3H3,(H,15,16). The van der Waals surface area contributed by atoms with Gasteiger partial charge in [0.05, 0.1) is 10.5 Å². The number of carbonyl (C=O) groups is 1. The summed E-state index contributed by atoms with van der Waals surface area (Å²) < 4.78 is 25.9. The normalized spacial score (nSPS) is 11.6. The molecular formula is C12H14BrNO4S. The fourth-order valence-electron chi connectivity index (χ4n) is 1.48. The Morgan fingerprint density at radius 2 is 2.05 bits per heavy atom. The van der Waals surface area contributed by atoms with E-state index in [2.05, 4.69) is 22.5 Å². The molecule has 0 aliphatic carbocycles. The largest absolute Gasteiger partial charge is 0.478 e. The number of likely N-dealkylation sites (N-methyl/N-ethyl adjacent to an activating group) is 1. The highest BCUT2D eigenvalue weighted by Crippen LogP contribution is 2.26. The van der Waals surface area contributed by atoms with E-state index in [9.17, 15) is 13.2 Å². The number of sulfonamides is 1. The number of aromatic carboxylic acids is 1. The summed E-state index contributed by atoms with van der Waals surface area (Å²) in [6.45, 7) is 5.60. The number of hydrogen-bond donors (Lipinski definition) is 1. The molecule has 7 heteroatoms. The van der Waals surface area contributed by atoms with Crippen LogP contribution in [0.15, 0.2) is 39.7 Å². The van der Waals surface area contributed by atoms with Crippen molar-refractivity contribution >= 4 is 31.9 Å². The Morgan fingerprint density at radius 3 is 2.47 bits per heavy atom. The number of carboxylic acids is 1. The molecule has 0 aliphatic heterocycles. The van der Waals surface area contributed by atoms with Crippen molar-refractivity contribution < 1.29 is 18.3 Å². The lowest BCUT2D eigenvalue weighted by atomic mass is 10.2. The van der Waals surface area contributed by atoms with Gasteiger partial charge in [0, 0.05) is 18.1 Å². The Hall–Kier alpha value is -1.18. The number of carboxylic acid groups (broad SMARTS) is 1. The van der Waals surface area contributed by atoms with Crippen LogP contribution in [-0.2, 0) is 10.0 Å². The molecule has 0 aliphatic rings. The smallest absolute Gasteiger partial charge is 0.335 e. The molecule has 19 heavy (non-hydrogen) atoms. The first-order chi connectivity index (χ1) is 8.66. The van der Waals surface area contributed by atoms with Crippen molar-refractivity contribution in [2.75, 3.05) is 13.6 Å². The molecule has 0 saturated carbocycles. The third-order valence-electron chi connectivity index (χ3n) is 2.36. The summed E-state index contributed by atoms with van der Waals surface area (Å²) in [4.78, 5) is 10.8. The Morgan fingerprint density at radius 1 is 1.47 bits per heavy atom. The molecule has 0 saturated heterocycles. The van der Waals surface area contributed by atoms with E-state index in [0.29, 0.717) is 5.57 Å². The van der Waals surface area contributed by atoms with Gasteiger partial charge in [-0.25, -0.2) is 13.2 Å². The zero-order valence-corrected chi connectivity index (χ0v) is 13.0. The van der Waals surface area contributed by atoms with Gasteiger partial charge >= 0.3 is 5.97 Å². The van der Waals surface area contributed by atoms with Crippen molar-refractivity contribution in [1.82, 2.24) is 4.31 Å². The summed E-state index contributed by atoms with van der Waals surface area (Å²) in [5.74, 6) is -1.11. The Labute approximate surface area is 120 Å². The lowest BCUT2D eigenvalue weighted by Gasteiger charge is -2.18. The maximum atomic E-state index is 12.3. The molecule has 0 unspecified atom stereocenters. The first kappa shape index (κ1) is 15.9. The average molecular weight is 348 g/mol. The summed E-state index contributed by atoms with van der Waals surface area (Å²) in [7, 11) is -2.23. The predicted octanol–water partition coefficient (Wildman–Crippen LogP) is 2.34. The predicted molar refractivity (Wildman–Crippen MR) is 75.7 cm³/mol. The monoisotopic (exact) mass is 347 g/mol. The van der Waals surface area contributed by atoms with Gasteiger partial charge in [-0.1, -0.05) is 12.2 Å². The zero-order chi connectivity index (χ0) is 14.8. The number of nitrogens with zero attached hydrogens (tertiary/aromatic N) is 1. The van der Waals surface area contributed by atoms with E-state index in [-0.39, 0.29) is 21.5 Å². The van der Waals surface area contributed by atoms with Gasteiger partial charge in [0.15, 0.2) is 0 Å². The van der Waals surface area contributed by atoms with E-state index in [1.165, 1.54) is 25.2 Å². The average Bonchev–Trinajstić information content (AvgIpc) is 2.27. The highest BCUT2D eigenvalue weighted by Gasteiger charge is 2.23. The number of halogens is 1. The SMILES string of the molecule is C=C(C)CN(C)S(=O)(=O)c1ccc(C(=O)O)cc1Br. The van der Waals surface area contributed by atoms with E-state index < -0.39 is 16.0 Å². The van der Waals surface area contributed by atoms with E-state index in [1.54, 1.807) is 6.92 Å². The van der Waals surface area contributed by atoms with Crippen molar-refractivity contribution in [2.45, 2.75) is 11.8 Å². The van der Waals surface area contributed by atoms with Crippen LogP contribution in [0.5, 0.6) is 0 Å². The van der Waals surface area contributed by atoms with Crippen LogP contribution in [0.4, 0.5) is 0 Å². The molecule has 1 rings (SSSR count). The van der Waals surface area contributed by atoms with Gasteiger partial charge in [-0.15, -0.1) is 0 Å². The minimum atomic E-state index is -3.67. The number of hydrogen-bond acceptors (Lipinski definition) is 3. The van der Waals surface area contributed by atoms with Gasteiger partial charge in [-0.3, -0.25) is 0 Å². The molecule has 5 nitrogen and oxygen atoms in total. The van der Waals surface area contributed by atoms with Crippen LogP contribution in [0.2, 0.25) is 0 Å². The molecule has 0 bridgehead atoms. The Kier molecular flexibility index (Phi) is 4.89. The molecule has 0 amide bonds. The lowest BCUT2D eigenvalue weighted by molar-refractivity contribution is 0.0696. The van der Waals surface area contributed by atoms with Gasteiger partial charge in [0.25, 0.3) is 0 Å². The van der Waals surface area contributed by atoms with Crippen molar-refractivity contribution in [3.63, 3.8) is 0 Å². The van der Waals surface area contributed by atoms with Gasteiger partial charge in [0.1, 0.15) is 0 Å². The zero-order valence-electron chi connectivity index (χ0n) is 10.6. The third-order valence-corrected chi connectivity index (χ3v) is 5.14. The Bertz CT molecular complexity index is 625. The van der Waals surface area contributed by atoms with Crippen molar-refractivity contribution in [3.8, 4) is 0 Å². The summed E-state index contributed by atoms with van der Waals surface area (Å²) in [6, 6.07) is 3.80. The summed E-state index contributed by atoms with van der Waals surface area (Å²) in [5.41, 5.74) is 0.734. The topological polar surface area (TPSA) is 74.7 Å². The van der Waals surface area contributed by atoms with Crippen LogP contribution in [0.25, 0.3) is 0 Å². The maximum absolute atomic E-state index is 12.3. The van der Waals surface area contributed by atoms with Crippen LogP contribution >= 0.6 is 15.9 Å². The van der Waals surface area contributed by atoms with Crippen molar-refractivity contribution in [1.29, 1.82) is 0 Å².